The average Bonchev–Trinajstić information content (AvgIpc) is 3.16. The van der Waals surface area contributed by atoms with E-state index in [2.05, 4.69) is 5.32 Å². The second kappa shape index (κ2) is 9.76. The molecular weight excluding hydrogens is 340 g/mol. The van der Waals surface area contributed by atoms with Crippen LogP contribution in [-0.2, 0) is 19.1 Å². The number of hydrogen-bond donors (Lipinski definition) is 1. The Hall–Kier alpha value is -2.61. The monoisotopic (exact) mass is 364 g/mol. The van der Waals surface area contributed by atoms with Crippen LogP contribution in [0.4, 0.5) is 0 Å². The maximum atomic E-state index is 11.9. The van der Waals surface area contributed by atoms with Crippen molar-refractivity contribution < 1.29 is 28.6 Å². The van der Waals surface area contributed by atoms with E-state index in [9.17, 15) is 14.4 Å². The van der Waals surface area contributed by atoms with Crippen molar-refractivity contribution >= 4 is 17.8 Å². The van der Waals surface area contributed by atoms with Gasteiger partial charge < -0.3 is 24.4 Å². The number of nitrogens with zero attached hydrogens (tertiary/aromatic N) is 1. The maximum absolute atomic E-state index is 11.9. The zero-order valence-electron chi connectivity index (χ0n) is 15.0. The van der Waals surface area contributed by atoms with Gasteiger partial charge in [-0.3, -0.25) is 9.59 Å². The lowest BCUT2D eigenvalue weighted by molar-refractivity contribution is -0.131. The Morgan fingerprint density at radius 1 is 1.23 bits per heavy atom. The van der Waals surface area contributed by atoms with Crippen molar-refractivity contribution in [1.82, 2.24) is 10.2 Å². The molecule has 1 aliphatic rings. The van der Waals surface area contributed by atoms with E-state index in [1.54, 1.807) is 38.4 Å². The molecular formula is C18H24N2O6. The summed E-state index contributed by atoms with van der Waals surface area (Å²) in [6.07, 6.45) is 2.17. The van der Waals surface area contributed by atoms with Crippen LogP contribution >= 0.6 is 0 Å². The Labute approximate surface area is 152 Å². The molecule has 0 aliphatic carbocycles. The molecule has 1 saturated heterocycles. The molecule has 1 aromatic rings. The van der Waals surface area contributed by atoms with Crippen molar-refractivity contribution in [3.8, 4) is 5.75 Å². The fourth-order valence-corrected chi connectivity index (χ4v) is 2.25. The number of carbonyl (C=O) groups excluding carboxylic acids is 3. The van der Waals surface area contributed by atoms with Gasteiger partial charge in [-0.2, -0.15) is 0 Å². The topological polar surface area (TPSA) is 94.2 Å². The summed E-state index contributed by atoms with van der Waals surface area (Å²) >= 11 is 0. The minimum atomic E-state index is -0.621. The van der Waals surface area contributed by atoms with Crippen LogP contribution in [0.1, 0.15) is 23.2 Å². The standard InChI is InChI=1S/C18H24N2O6/c1-20(2)17(22)10-19-16(21)12-26-18(23)13-5-7-14(8-6-13)25-11-15-4-3-9-24-15/h5-8,15H,3-4,9-12H2,1-2H3,(H,19,21)/t15-/m1/s1. The first-order valence-corrected chi connectivity index (χ1v) is 8.44. The number of carbonyl (C=O) groups is 3. The minimum absolute atomic E-state index is 0.123. The summed E-state index contributed by atoms with van der Waals surface area (Å²) in [6.45, 7) is 0.669. The van der Waals surface area contributed by atoms with Gasteiger partial charge in [-0.05, 0) is 37.1 Å². The molecule has 1 heterocycles. The summed E-state index contributed by atoms with van der Waals surface area (Å²) in [6, 6.07) is 6.48. The molecule has 0 aromatic heterocycles. The number of nitrogens with one attached hydrogen (secondary N) is 1. The summed E-state index contributed by atoms with van der Waals surface area (Å²) in [4.78, 5) is 36.2. The van der Waals surface area contributed by atoms with Gasteiger partial charge in [-0.1, -0.05) is 0 Å². The molecule has 0 bridgehead atoms. The molecule has 142 valence electrons. The van der Waals surface area contributed by atoms with Crippen molar-refractivity contribution in [3.05, 3.63) is 29.8 Å². The Kier molecular flexibility index (Phi) is 7.40. The van der Waals surface area contributed by atoms with Crippen molar-refractivity contribution in [1.29, 1.82) is 0 Å². The van der Waals surface area contributed by atoms with E-state index in [-0.39, 0.29) is 18.6 Å². The summed E-state index contributed by atoms with van der Waals surface area (Å²) in [7, 11) is 3.17. The van der Waals surface area contributed by atoms with Crippen LogP contribution in [0.5, 0.6) is 5.75 Å². The maximum Gasteiger partial charge on any atom is 0.338 e. The Morgan fingerprint density at radius 3 is 2.58 bits per heavy atom. The number of amides is 2. The van der Waals surface area contributed by atoms with E-state index < -0.39 is 18.5 Å². The lowest BCUT2D eigenvalue weighted by Gasteiger charge is -2.12. The van der Waals surface area contributed by atoms with Gasteiger partial charge in [0.2, 0.25) is 5.91 Å². The number of esters is 1. The van der Waals surface area contributed by atoms with E-state index in [0.717, 1.165) is 19.4 Å². The van der Waals surface area contributed by atoms with Gasteiger partial charge in [0.05, 0.1) is 18.2 Å². The van der Waals surface area contributed by atoms with Gasteiger partial charge in [0.15, 0.2) is 6.61 Å². The third kappa shape index (κ3) is 6.36. The fraction of sp³-hybridized carbons (Fsp3) is 0.500. The molecule has 8 heteroatoms. The van der Waals surface area contributed by atoms with Crippen molar-refractivity contribution in [2.24, 2.45) is 0 Å². The number of hydrogen-bond acceptors (Lipinski definition) is 6. The Balaban J connectivity index is 1.71. The molecule has 1 N–H and O–H groups in total. The first kappa shape index (κ1) is 19.7. The SMILES string of the molecule is CN(C)C(=O)CNC(=O)COC(=O)c1ccc(OC[C@H]2CCCO2)cc1. The Bertz CT molecular complexity index is 623. The quantitative estimate of drug-likeness (QED) is 0.679. The molecule has 2 rings (SSSR count). The molecule has 26 heavy (non-hydrogen) atoms. The fourth-order valence-electron chi connectivity index (χ4n) is 2.25. The second-order valence-electron chi connectivity index (χ2n) is 6.11. The summed E-state index contributed by atoms with van der Waals surface area (Å²) in [5.41, 5.74) is 0.312. The smallest absolute Gasteiger partial charge is 0.338 e. The molecule has 1 aliphatic heterocycles. The Morgan fingerprint density at radius 2 is 1.96 bits per heavy atom. The van der Waals surface area contributed by atoms with Gasteiger partial charge in [-0.25, -0.2) is 4.79 Å². The highest BCUT2D eigenvalue weighted by molar-refractivity contribution is 5.92. The van der Waals surface area contributed by atoms with Gasteiger partial charge in [0.1, 0.15) is 12.4 Å². The highest BCUT2D eigenvalue weighted by atomic mass is 16.5. The van der Waals surface area contributed by atoms with E-state index in [1.165, 1.54) is 4.90 Å². The zero-order valence-corrected chi connectivity index (χ0v) is 15.0. The molecule has 0 radical (unpaired) electrons. The molecule has 2 amide bonds. The number of benzene rings is 1. The van der Waals surface area contributed by atoms with Crippen LogP contribution in [0.2, 0.25) is 0 Å². The third-order valence-electron chi connectivity index (χ3n) is 3.82. The van der Waals surface area contributed by atoms with Crippen LogP contribution in [0.25, 0.3) is 0 Å². The average molecular weight is 364 g/mol. The first-order valence-electron chi connectivity index (χ1n) is 8.44. The molecule has 1 atom stereocenters. The van der Waals surface area contributed by atoms with E-state index in [4.69, 9.17) is 14.2 Å². The normalized spacial score (nSPS) is 16.0. The first-order chi connectivity index (χ1) is 12.5. The predicted molar refractivity (Wildman–Crippen MR) is 92.9 cm³/mol. The summed E-state index contributed by atoms with van der Waals surface area (Å²) in [5, 5.41) is 2.38. The lowest BCUT2D eigenvalue weighted by Crippen LogP contribution is -2.38. The molecule has 8 nitrogen and oxygen atoms in total. The molecule has 1 fully saturated rings. The molecule has 0 unspecified atom stereocenters. The van der Waals surface area contributed by atoms with Crippen molar-refractivity contribution in [2.45, 2.75) is 18.9 Å². The van der Waals surface area contributed by atoms with E-state index in [0.29, 0.717) is 17.9 Å². The highest BCUT2D eigenvalue weighted by Gasteiger charge is 2.16. The van der Waals surface area contributed by atoms with Crippen LogP contribution in [0, 0.1) is 0 Å². The van der Waals surface area contributed by atoms with E-state index >= 15 is 0 Å². The van der Waals surface area contributed by atoms with Crippen molar-refractivity contribution in [3.63, 3.8) is 0 Å². The minimum Gasteiger partial charge on any atom is -0.491 e. The molecule has 0 saturated carbocycles. The lowest BCUT2D eigenvalue weighted by atomic mass is 10.2. The predicted octanol–water partition coefficient (Wildman–Crippen LogP) is 0.606. The van der Waals surface area contributed by atoms with Gasteiger partial charge in [0, 0.05) is 20.7 Å². The van der Waals surface area contributed by atoms with Crippen LogP contribution in [-0.4, -0.2) is 69.2 Å². The number of likely N-dealkylation sites (N-methyl/N-ethyl adjacent to an activating group) is 1. The highest BCUT2D eigenvalue weighted by Crippen LogP contribution is 2.17. The van der Waals surface area contributed by atoms with Crippen LogP contribution in [0.15, 0.2) is 24.3 Å². The number of rotatable bonds is 8. The van der Waals surface area contributed by atoms with Gasteiger partial charge in [0.25, 0.3) is 5.91 Å². The second-order valence-corrected chi connectivity index (χ2v) is 6.11. The van der Waals surface area contributed by atoms with Crippen LogP contribution in [0.3, 0.4) is 0 Å². The third-order valence-corrected chi connectivity index (χ3v) is 3.82. The zero-order chi connectivity index (χ0) is 18.9. The van der Waals surface area contributed by atoms with Crippen LogP contribution < -0.4 is 10.1 Å². The van der Waals surface area contributed by atoms with Gasteiger partial charge >= 0.3 is 5.97 Å². The molecule has 1 aromatic carbocycles. The number of ether oxygens (including phenoxy) is 3. The summed E-state index contributed by atoms with van der Waals surface area (Å²) in [5.74, 6) is -0.768. The van der Waals surface area contributed by atoms with E-state index in [1.807, 2.05) is 0 Å². The van der Waals surface area contributed by atoms with Gasteiger partial charge in [-0.15, -0.1) is 0 Å². The summed E-state index contributed by atoms with van der Waals surface area (Å²) < 4.78 is 16.0. The largest absolute Gasteiger partial charge is 0.491 e. The van der Waals surface area contributed by atoms with Crippen molar-refractivity contribution in [2.75, 3.05) is 40.5 Å². The molecule has 0 spiro atoms.